The van der Waals surface area contributed by atoms with Gasteiger partial charge in [-0.2, -0.15) is 4.31 Å². The molecule has 6 nitrogen and oxygen atoms in total. The number of nitrogens with zero attached hydrogens (tertiary/aromatic N) is 2. The maximum Gasteiger partial charge on any atom is 0.243 e. The van der Waals surface area contributed by atoms with E-state index in [9.17, 15) is 13.2 Å². The molecular weight excluding hydrogens is 350 g/mol. The van der Waals surface area contributed by atoms with Gasteiger partial charge in [-0.3, -0.25) is 4.79 Å². The van der Waals surface area contributed by atoms with Crippen LogP contribution in [0.25, 0.3) is 0 Å². The van der Waals surface area contributed by atoms with Gasteiger partial charge in [-0.25, -0.2) is 8.42 Å². The summed E-state index contributed by atoms with van der Waals surface area (Å²) in [6.07, 6.45) is 5.75. The largest absolute Gasteiger partial charge is 0.326 e. The number of anilines is 1. The second-order valence-electron chi connectivity index (χ2n) is 7.41. The fraction of sp³-hybridized carbons (Fsp3) is 0.632. The molecule has 1 N–H and O–H groups in total. The lowest BCUT2D eigenvalue weighted by Gasteiger charge is -2.28. The number of nitrogens with one attached hydrogen (secondary N) is 1. The molecular formula is C19H29N3O3S. The number of piperidine rings is 1. The Hall–Kier alpha value is -1.44. The molecule has 2 aliphatic heterocycles. The molecule has 1 amide bonds. The molecule has 2 saturated heterocycles. The van der Waals surface area contributed by atoms with E-state index in [1.54, 1.807) is 28.6 Å². The molecule has 26 heavy (non-hydrogen) atoms. The highest BCUT2D eigenvalue weighted by atomic mass is 32.2. The number of sulfonamides is 1. The number of amides is 1. The van der Waals surface area contributed by atoms with Crippen molar-refractivity contribution in [2.24, 2.45) is 5.92 Å². The molecule has 0 aromatic heterocycles. The minimum absolute atomic E-state index is 0.0289. The van der Waals surface area contributed by atoms with E-state index in [2.05, 4.69) is 17.3 Å². The number of likely N-dealkylation sites (tertiary alicyclic amines) is 1. The Morgan fingerprint density at radius 1 is 0.962 bits per heavy atom. The molecule has 0 unspecified atom stereocenters. The summed E-state index contributed by atoms with van der Waals surface area (Å²) in [5.74, 6) is 0.0629. The number of benzene rings is 1. The predicted molar refractivity (Wildman–Crippen MR) is 103 cm³/mol. The normalized spacial score (nSPS) is 21.3. The summed E-state index contributed by atoms with van der Waals surface area (Å²) >= 11 is 0. The molecule has 2 heterocycles. The van der Waals surface area contributed by atoms with Crippen molar-refractivity contribution in [3.63, 3.8) is 0 Å². The van der Waals surface area contributed by atoms with E-state index in [4.69, 9.17) is 0 Å². The van der Waals surface area contributed by atoms with Gasteiger partial charge >= 0.3 is 0 Å². The van der Waals surface area contributed by atoms with E-state index in [-0.39, 0.29) is 11.8 Å². The minimum atomic E-state index is -3.44. The van der Waals surface area contributed by atoms with Crippen LogP contribution in [0.15, 0.2) is 29.2 Å². The number of carbonyl (C=O) groups is 1. The summed E-state index contributed by atoms with van der Waals surface area (Å²) in [6.45, 7) is 3.06. The van der Waals surface area contributed by atoms with Crippen LogP contribution in [0.3, 0.4) is 0 Å². The van der Waals surface area contributed by atoms with Crippen molar-refractivity contribution >= 4 is 21.6 Å². The SMILES string of the molecule is CN1CCC(C(=O)Nc2ccc(S(=O)(=O)N3CCCCCC3)cc2)CC1. The van der Waals surface area contributed by atoms with Crippen molar-refractivity contribution in [3.8, 4) is 0 Å². The molecule has 7 heteroatoms. The van der Waals surface area contributed by atoms with Crippen molar-refractivity contribution in [1.29, 1.82) is 0 Å². The Bertz CT molecular complexity index is 702. The summed E-state index contributed by atoms with van der Waals surface area (Å²) in [4.78, 5) is 14.9. The molecule has 0 radical (unpaired) electrons. The third kappa shape index (κ3) is 4.64. The first-order valence-electron chi connectivity index (χ1n) is 9.56. The summed E-state index contributed by atoms with van der Waals surface area (Å²) in [5.41, 5.74) is 0.656. The first kappa shape index (κ1) is 19.3. The number of hydrogen-bond donors (Lipinski definition) is 1. The van der Waals surface area contributed by atoms with Gasteiger partial charge in [0, 0.05) is 24.7 Å². The lowest BCUT2D eigenvalue weighted by Crippen LogP contribution is -2.35. The molecule has 1 aromatic rings. The second-order valence-corrected chi connectivity index (χ2v) is 9.35. The van der Waals surface area contributed by atoms with E-state index >= 15 is 0 Å². The van der Waals surface area contributed by atoms with E-state index in [0.29, 0.717) is 23.7 Å². The standard InChI is InChI=1S/C19H29N3O3S/c1-21-14-10-16(11-15-21)19(23)20-17-6-8-18(9-7-17)26(24,25)22-12-4-2-3-5-13-22/h6-9,16H,2-5,10-15H2,1H3,(H,20,23). The quantitative estimate of drug-likeness (QED) is 0.873. The Morgan fingerprint density at radius 2 is 1.54 bits per heavy atom. The molecule has 0 bridgehead atoms. The Kier molecular flexibility index (Phi) is 6.32. The topological polar surface area (TPSA) is 69.7 Å². The average Bonchev–Trinajstić information content (AvgIpc) is 2.93. The van der Waals surface area contributed by atoms with Crippen molar-refractivity contribution in [2.75, 3.05) is 38.5 Å². The van der Waals surface area contributed by atoms with Crippen LogP contribution in [-0.4, -0.2) is 56.8 Å². The Labute approximate surface area is 156 Å². The second kappa shape index (κ2) is 8.50. The zero-order chi connectivity index (χ0) is 18.6. The number of carbonyl (C=O) groups excluding carboxylic acids is 1. The number of rotatable bonds is 4. The van der Waals surface area contributed by atoms with Crippen LogP contribution in [0.4, 0.5) is 5.69 Å². The molecule has 3 rings (SSSR count). The molecule has 144 valence electrons. The van der Waals surface area contributed by atoms with E-state index in [1.165, 1.54) is 0 Å². The maximum absolute atomic E-state index is 12.8. The summed E-state index contributed by atoms with van der Waals surface area (Å²) in [5, 5.41) is 2.93. The van der Waals surface area contributed by atoms with Crippen molar-refractivity contribution in [3.05, 3.63) is 24.3 Å². The summed E-state index contributed by atoms with van der Waals surface area (Å²) in [7, 11) is -1.38. The number of hydrogen-bond acceptors (Lipinski definition) is 4. The van der Waals surface area contributed by atoms with Gasteiger partial charge in [0.15, 0.2) is 0 Å². The van der Waals surface area contributed by atoms with Gasteiger partial charge in [0.25, 0.3) is 0 Å². The van der Waals surface area contributed by atoms with Gasteiger partial charge in [0.05, 0.1) is 4.90 Å². The highest BCUT2D eigenvalue weighted by Crippen LogP contribution is 2.23. The van der Waals surface area contributed by atoms with Crippen LogP contribution in [0.5, 0.6) is 0 Å². The first-order valence-corrected chi connectivity index (χ1v) is 11.0. The fourth-order valence-corrected chi connectivity index (χ4v) is 5.17. The van der Waals surface area contributed by atoms with Gasteiger partial charge in [0.2, 0.25) is 15.9 Å². The van der Waals surface area contributed by atoms with Gasteiger partial charge in [0.1, 0.15) is 0 Å². The molecule has 2 aliphatic rings. The summed E-state index contributed by atoms with van der Waals surface area (Å²) in [6, 6.07) is 6.59. The first-order chi connectivity index (χ1) is 12.5. The van der Waals surface area contributed by atoms with E-state index < -0.39 is 10.0 Å². The zero-order valence-electron chi connectivity index (χ0n) is 15.5. The molecule has 0 aliphatic carbocycles. The lowest BCUT2D eigenvalue weighted by molar-refractivity contribution is -0.121. The Morgan fingerprint density at radius 3 is 2.12 bits per heavy atom. The van der Waals surface area contributed by atoms with Gasteiger partial charge in [-0.05, 0) is 70.1 Å². The summed E-state index contributed by atoms with van der Waals surface area (Å²) < 4.78 is 27.2. The van der Waals surface area contributed by atoms with Crippen molar-refractivity contribution < 1.29 is 13.2 Å². The fourth-order valence-electron chi connectivity index (χ4n) is 3.66. The van der Waals surface area contributed by atoms with E-state index in [1.807, 2.05) is 0 Å². The third-order valence-corrected chi connectivity index (χ3v) is 7.33. The van der Waals surface area contributed by atoms with Gasteiger partial charge < -0.3 is 10.2 Å². The van der Waals surface area contributed by atoms with Gasteiger partial charge in [-0.1, -0.05) is 12.8 Å². The lowest BCUT2D eigenvalue weighted by atomic mass is 9.96. The zero-order valence-corrected chi connectivity index (χ0v) is 16.3. The highest BCUT2D eigenvalue weighted by molar-refractivity contribution is 7.89. The Balaban J connectivity index is 1.63. The van der Waals surface area contributed by atoms with Crippen LogP contribution in [0.1, 0.15) is 38.5 Å². The van der Waals surface area contributed by atoms with E-state index in [0.717, 1.165) is 51.6 Å². The highest BCUT2D eigenvalue weighted by Gasteiger charge is 2.26. The van der Waals surface area contributed by atoms with Crippen LogP contribution in [0, 0.1) is 5.92 Å². The molecule has 0 atom stereocenters. The smallest absolute Gasteiger partial charge is 0.243 e. The van der Waals surface area contributed by atoms with Gasteiger partial charge in [-0.15, -0.1) is 0 Å². The van der Waals surface area contributed by atoms with Crippen molar-refractivity contribution in [1.82, 2.24) is 9.21 Å². The third-order valence-electron chi connectivity index (χ3n) is 5.41. The molecule has 2 fully saturated rings. The van der Waals surface area contributed by atoms with Crippen molar-refractivity contribution in [2.45, 2.75) is 43.4 Å². The monoisotopic (exact) mass is 379 g/mol. The average molecular weight is 380 g/mol. The molecule has 1 aromatic carbocycles. The van der Waals surface area contributed by atoms with Crippen LogP contribution in [0.2, 0.25) is 0 Å². The van der Waals surface area contributed by atoms with Crippen LogP contribution >= 0.6 is 0 Å². The van der Waals surface area contributed by atoms with Crippen LogP contribution in [-0.2, 0) is 14.8 Å². The minimum Gasteiger partial charge on any atom is -0.326 e. The predicted octanol–water partition coefficient (Wildman–Crippen LogP) is 2.53. The molecule has 0 spiro atoms. The van der Waals surface area contributed by atoms with Crippen LogP contribution < -0.4 is 5.32 Å². The molecule has 0 saturated carbocycles. The maximum atomic E-state index is 12.8.